The van der Waals surface area contributed by atoms with Gasteiger partial charge in [0.1, 0.15) is 0 Å². The standard InChI is InChI=1S/C7H9.2ClH.Ta/c1-2-7-5-3-4-6-7;;;/h3,5H,2,4H2,1H3;2*1H;/q-1;;;+2/p-2. The van der Waals surface area contributed by atoms with Crippen molar-refractivity contribution in [2.75, 3.05) is 0 Å². The molecule has 10 heavy (non-hydrogen) atoms. The Kier molecular flexibility index (Phi) is 8.53. The molecular weight excluding hydrogens is 336 g/mol. The van der Waals surface area contributed by atoms with E-state index in [0.29, 0.717) is 0 Å². The van der Waals surface area contributed by atoms with Crippen LogP contribution in [0.15, 0.2) is 17.7 Å². The van der Waals surface area contributed by atoms with Crippen LogP contribution < -0.4 is 0 Å². The Morgan fingerprint density at radius 1 is 1.70 bits per heavy atom. The van der Waals surface area contributed by atoms with Crippen LogP contribution in [0.3, 0.4) is 0 Å². The molecule has 0 spiro atoms. The first-order valence-electron chi connectivity index (χ1n) is 3.03. The molecule has 0 unspecified atom stereocenters. The summed E-state index contributed by atoms with van der Waals surface area (Å²) in [6.07, 6.45) is 9.65. The Balaban J connectivity index is 0.000000236. The number of halogens is 2. The summed E-state index contributed by atoms with van der Waals surface area (Å²) < 4.78 is 0. The van der Waals surface area contributed by atoms with Crippen LogP contribution in [0.4, 0.5) is 0 Å². The average molecular weight is 345 g/mol. The first kappa shape index (κ1) is 10.8. The summed E-state index contributed by atoms with van der Waals surface area (Å²) in [6, 6.07) is 0. The Morgan fingerprint density at radius 2 is 2.30 bits per heavy atom. The second-order valence-corrected chi connectivity index (χ2v) is 6.37. The van der Waals surface area contributed by atoms with Gasteiger partial charge in [0.25, 0.3) is 0 Å². The Labute approximate surface area is 79.3 Å². The van der Waals surface area contributed by atoms with Crippen LogP contribution >= 0.6 is 18.4 Å². The van der Waals surface area contributed by atoms with Gasteiger partial charge in [-0.1, -0.05) is 13.3 Å². The van der Waals surface area contributed by atoms with Crippen LogP contribution in [0.1, 0.15) is 19.8 Å². The second kappa shape index (κ2) is 7.90. The van der Waals surface area contributed by atoms with E-state index >= 15 is 0 Å². The number of hydrogen-bond donors (Lipinski definition) is 0. The maximum atomic E-state index is 4.94. The van der Waals surface area contributed by atoms with E-state index in [-0.39, 0.29) is 0 Å². The summed E-state index contributed by atoms with van der Waals surface area (Å²) in [5, 5.41) is 0. The van der Waals surface area contributed by atoms with Crippen molar-refractivity contribution in [1.29, 1.82) is 0 Å². The summed E-state index contributed by atoms with van der Waals surface area (Å²) >= 11 is -0.889. The van der Waals surface area contributed by atoms with Crippen molar-refractivity contribution in [2.24, 2.45) is 0 Å². The van der Waals surface area contributed by atoms with Gasteiger partial charge in [0.2, 0.25) is 0 Å². The number of allylic oxidation sites excluding steroid dienone is 4. The van der Waals surface area contributed by atoms with E-state index in [1.54, 1.807) is 0 Å². The van der Waals surface area contributed by atoms with Crippen LogP contribution in [0.5, 0.6) is 0 Å². The van der Waals surface area contributed by atoms with E-state index in [1.807, 2.05) is 0 Å². The molecule has 0 saturated heterocycles. The van der Waals surface area contributed by atoms with Gasteiger partial charge in [0.15, 0.2) is 0 Å². The normalized spacial score (nSPS) is 13.7. The molecule has 57 valence electrons. The molecule has 0 N–H and O–H groups in total. The van der Waals surface area contributed by atoms with Gasteiger partial charge in [-0.05, 0) is 0 Å². The van der Waals surface area contributed by atoms with Crippen LogP contribution in [-0.2, 0) is 17.6 Å². The third-order valence-electron chi connectivity index (χ3n) is 1.15. The molecule has 0 saturated carbocycles. The van der Waals surface area contributed by atoms with Gasteiger partial charge >= 0.3 is 36.0 Å². The monoisotopic (exact) mass is 344 g/mol. The van der Waals surface area contributed by atoms with Gasteiger partial charge in [-0.3, -0.25) is 6.08 Å². The molecule has 0 atom stereocenters. The molecule has 0 aromatic heterocycles. The van der Waals surface area contributed by atoms with E-state index < -0.39 is 17.6 Å². The molecule has 1 rings (SSSR count). The van der Waals surface area contributed by atoms with Crippen molar-refractivity contribution < 1.29 is 17.6 Å². The van der Waals surface area contributed by atoms with Crippen molar-refractivity contribution in [2.45, 2.75) is 19.8 Å². The van der Waals surface area contributed by atoms with Crippen LogP contribution in [-0.4, -0.2) is 0 Å². The fourth-order valence-corrected chi connectivity index (χ4v) is 0.693. The average Bonchev–Trinajstić information content (AvgIpc) is 2.39. The minimum absolute atomic E-state index is 0.889. The summed E-state index contributed by atoms with van der Waals surface area (Å²) in [5.74, 6) is 0. The summed E-state index contributed by atoms with van der Waals surface area (Å²) in [6.45, 7) is 2.15. The zero-order chi connectivity index (χ0) is 7.82. The molecule has 3 heteroatoms. The Bertz CT molecular complexity index is 130. The first-order chi connectivity index (χ1) is 4.85. The summed E-state index contributed by atoms with van der Waals surface area (Å²) in [4.78, 5) is 0. The molecule has 0 nitrogen and oxygen atoms in total. The van der Waals surface area contributed by atoms with E-state index in [4.69, 9.17) is 18.4 Å². The van der Waals surface area contributed by atoms with Crippen LogP contribution in [0, 0.1) is 6.08 Å². The van der Waals surface area contributed by atoms with Gasteiger partial charge in [0, 0.05) is 0 Å². The van der Waals surface area contributed by atoms with E-state index in [0.717, 1.165) is 12.8 Å². The number of hydrogen-bond acceptors (Lipinski definition) is 0. The molecule has 1 aliphatic carbocycles. The van der Waals surface area contributed by atoms with Crippen molar-refractivity contribution in [1.82, 2.24) is 0 Å². The summed E-state index contributed by atoms with van der Waals surface area (Å²) in [5.41, 5.74) is 1.36. The van der Waals surface area contributed by atoms with Crippen molar-refractivity contribution in [3.05, 3.63) is 23.8 Å². The van der Waals surface area contributed by atoms with E-state index in [9.17, 15) is 0 Å². The maximum absolute atomic E-state index is 4.94. The first-order valence-corrected chi connectivity index (χ1v) is 11.0. The van der Waals surface area contributed by atoms with Gasteiger partial charge in [0.05, 0.1) is 0 Å². The Hall–Kier alpha value is 0.800. The van der Waals surface area contributed by atoms with E-state index in [2.05, 4.69) is 25.2 Å². The van der Waals surface area contributed by atoms with Gasteiger partial charge in [-0.2, -0.15) is 6.08 Å². The fourth-order valence-electron chi connectivity index (χ4n) is 0.693. The number of rotatable bonds is 1. The van der Waals surface area contributed by atoms with Gasteiger partial charge < -0.3 is 0 Å². The second-order valence-electron chi connectivity index (χ2n) is 1.73. The van der Waals surface area contributed by atoms with Crippen molar-refractivity contribution in [3.63, 3.8) is 0 Å². The molecule has 0 aliphatic heterocycles. The third kappa shape index (κ3) is 5.57. The Morgan fingerprint density at radius 3 is 2.50 bits per heavy atom. The predicted octanol–water partition coefficient (Wildman–Crippen LogP) is 3.46. The van der Waals surface area contributed by atoms with Crippen LogP contribution in [0.2, 0.25) is 0 Å². The molecule has 0 heterocycles. The molecule has 0 aromatic carbocycles. The van der Waals surface area contributed by atoms with Gasteiger partial charge in [-0.25, -0.2) is 11.6 Å². The topological polar surface area (TPSA) is 0 Å². The van der Waals surface area contributed by atoms with Crippen molar-refractivity contribution in [3.8, 4) is 0 Å². The summed E-state index contributed by atoms with van der Waals surface area (Å²) in [7, 11) is 9.89. The SMILES string of the molecule is CCC1=[C-]CC=C1.[Cl][Ta][Cl]. The predicted molar refractivity (Wildman–Crippen MR) is 42.5 cm³/mol. The zero-order valence-corrected chi connectivity index (χ0v) is 10.5. The third-order valence-corrected chi connectivity index (χ3v) is 1.15. The van der Waals surface area contributed by atoms with E-state index in [1.165, 1.54) is 5.57 Å². The molecule has 0 radical (unpaired) electrons. The quantitative estimate of drug-likeness (QED) is 0.639. The molecule has 0 aromatic rings. The van der Waals surface area contributed by atoms with Crippen molar-refractivity contribution >= 4 is 18.4 Å². The molecule has 0 bridgehead atoms. The van der Waals surface area contributed by atoms with Crippen LogP contribution in [0.25, 0.3) is 0 Å². The molecule has 0 amide bonds. The fraction of sp³-hybridized carbons (Fsp3) is 0.429. The molecule has 1 aliphatic rings. The molecular formula is C7H9Cl2Ta-. The molecule has 0 fully saturated rings. The minimum atomic E-state index is -0.889. The zero-order valence-electron chi connectivity index (χ0n) is 5.77. The van der Waals surface area contributed by atoms with Gasteiger partial charge in [-0.15, -0.1) is 6.42 Å².